The number of anilines is 1. The van der Waals surface area contributed by atoms with Gasteiger partial charge in [-0.05, 0) is 93.3 Å². The smallest absolute Gasteiger partial charge is 0.181 e. The van der Waals surface area contributed by atoms with Gasteiger partial charge in [0.05, 0.1) is 21.6 Å². The highest BCUT2D eigenvalue weighted by atomic mass is 32.2. The predicted octanol–water partition coefficient (Wildman–Crippen LogP) is 5.42. The number of nitriles is 1. The van der Waals surface area contributed by atoms with E-state index >= 15 is 0 Å². The van der Waals surface area contributed by atoms with E-state index in [0.717, 1.165) is 64.1 Å². The van der Waals surface area contributed by atoms with Gasteiger partial charge < -0.3 is 9.80 Å². The summed E-state index contributed by atoms with van der Waals surface area (Å²) in [5.74, 6) is 1.57. The summed E-state index contributed by atoms with van der Waals surface area (Å²) in [6.07, 6.45) is 8.72. The van der Waals surface area contributed by atoms with Gasteiger partial charge in [-0.1, -0.05) is 43.2 Å². The molecule has 4 fully saturated rings. The maximum absolute atomic E-state index is 12.5. The van der Waals surface area contributed by atoms with Crippen molar-refractivity contribution in [1.82, 2.24) is 4.90 Å². The van der Waals surface area contributed by atoms with E-state index in [1.54, 1.807) is 12.1 Å². The number of likely N-dealkylation sites (tertiary alicyclic amines) is 1. The zero-order chi connectivity index (χ0) is 25.5. The first-order valence-corrected chi connectivity index (χ1v) is 15.8. The highest BCUT2D eigenvalue weighted by Gasteiger charge is 2.48. The summed E-state index contributed by atoms with van der Waals surface area (Å²) < 4.78 is 24.9. The standard InChI is InChI=1S/C31H39N3O2S/c32-23-31(26-8-4-5-9-26,25-6-2-1-3-7-25)27-16-18-33(19-17-27)20-24-21-34(22-24)28-10-12-29(13-11-28)37(35,36)30-14-15-30/h1-3,6-7,10-13,24,26-27,30H,4-5,8-9,14-22H2. The Balaban J connectivity index is 1.04. The van der Waals surface area contributed by atoms with E-state index in [0.29, 0.717) is 22.6 Å². The summed E-state index contributed by atoms with van der Waals surface area (Å²) >= 11 is 0. The second kappa shape index (κ2) is 10.1. The monoisotopic (exact) mass is 517 g/mol. The van der Waals surface area contributed by atoms with Crippen LogP contribution in [0.5, 0.6) is 0 Å². The highest BCUT2D eigenvalue weighted by Crippen LogP contribution is 2.50. The second-order valence-electron chi connectivity index (χ2n) is 11.9. The molecule has 2 saturated heterocycles. The van der Waals surface area contributed by atoms with E-state index in [1.807, 2.05) is 12.1 Å². The Kier molecular flexibility index (Phi) is 6.79. The Morgan fingerprint density at radius 3 is 2.05 bits per heavy atom. The molecule has 1 atom stereocenters. The zero-order valence-electron chi connectivity index (χ0n) is 21.8. The average Bonchev–Trinajstić information content (AvgIpc) is 3.65. The Bertz CT molecular complexity index is 1220. The number of benzene rings is 2. The van der Waals surface area contributed by atoms with Crippen LogP contribution in [0.25, 0.3) is 0 Å². The summed E-state index contributed by atoms with van der Waals surface area (Å²) in [7, 11) is -3.11. The van der Waals surface area contributed by atoms with Gasteiger partial charge in [-0.2, -0.15) is 5.26 Å². The van der Waals surface area contributed by atoms with Crippen LogP contribution in [0, 0.1) is 29.1 Å². The van der Waals surface area contributed by atoms with Crippen molar-refractivity contribution in [1.29, 1.82) is 5.26 Å². The van der Waals surface area contributed by atoms with Crippen LogP contribution in [0.2, 0.25) is 0 Å². The van der Waals surface area contributed by atoms with E-state index in [9.17, 15) is 13.7 Å². The van der Waals surface area contributed by atoms with E-state index in [1.165, 1.54) is 31.2 Å². The van der Waals surface area contributed by atoms with E-state index in [2.05, 4.69) is 46.2 Å². The zero-order valence-corrected chi connectivity index (χ0v) is 22.6. The quantitative estimate of drug-likeness (QED) is 0.468. The lowest BCUT2D eigenvalue weighted by Gasteiger charge is -2.47. The van der Waals surface area contributed by atoms with Crippen molar-refractivity contribution in [2.45, 2.75) is 66.9 Å². The van der Waals surface area contributed by atoms with Crippen molar-refractivity contribution in [3.8, 4) is 6.07 Å². The van der Waals surface area contributed by atoms with Gasteiger partial charge in [0.25, 0.3) is 0 Å². The molecule has 2 aromatic carbocycles. The third-order valence-corrected chi connectivity index (χ3v) is 11.9. The number of hydrogen-bond donors (Lipinski definition) is 0. The molecular weight excluding hydrogens is 478 g/mol. The van der Waals surface area contributed by atoms with Gasteiger partial charge >= 0.3 is 0 Å². The summed E-state index contributed by atoms with van der Waals surface area (Å²) in [6, 6.07) is 21.1. The van der Waals surface area contributed by atoms with Crippen molar-refractivity contribution in [2.75, 3.05) is 37.6 Å². The number of nitrogens with zero attached hydrogens (tertiary/aromatic N) is 3. The molecule has 0 spiro atoms. The lowest BCUT2D eigenvalue weighted by atomic mass is 9.60. The third-order valence-electron chi connectivity index (χ3n) is 9.63. The Morgan fingerprint density at radius 2 is 1.46 bits per heavy atom. The van der Waals surface area contributed by atoms with Crippen LogP contribution < -0.4 is 4.90 Å². The Labute approximate surface area is 222 Å². The topological polar surface area (TPSA) is 64.4 Å². The van der Waals surface area contributed by atoms with Crippen molar-refractivity contribution in [3.05, 3.63) is 60.2 Å². The van der Waals surface area contributed by atoms with Crippen LogP contribution in [-0.2, 0) is 15.3 Å². The van der Waals surface area contributed by atoms with Crippen LogP contribution in [0.1, 0.15) is 56.9 Å². The second-order valence-corrected chi connectivity index (χ2v) is 14.1. The minimum atomic E-state index is -3.11. The molecule has 2 heterocycles. The van der Waals surface area contributed by atoms with Gasteiger partial charge in [-0.15, -0.1) is 0 Å². The molecule has 2 aromatic rings. The molecule has 5 nitrogen and oxygen atoms in total. The third kappa shape index (κ3) is 4.70. The van der Waals surface area contributed by atoms with Gasteiger partial charge in [0.1, 0.15) is 0 Å². The summed E-state index contributed by atoms with van der Waals surface area (Å²) in [6.45, 7) is 5.34. The molecule has 196 valence electrons. The molecule has 2 aliphatic carbocycles. The fraction of sp³-hybridized carbons (Fsp3) is 0.581. The van der Waals surface area contributed by atoms with Crippen LogP contribution in [0.3, 0.4) is 0 Å². The number of sulfone groups is 1. The molecule has 4 aliphatic rings. The maximum atomic E-state index is 12.5. The van der Waals surface area contributed by atoms with Crippen molar-refractivity contribution >= 4 is 15.5 Å². The predicted molar refractivity (Wildman–Crippen MR) is 147 cm³/mol. The molecule has 0 bridgehead atoms. The molecule has 0 aromatic heterocycles. The van der Waals surface area contributed by atoms with Crippen LogP contribution >= 0.6 is 0 Å². The summed E-state index contributed by atoms with van der Waals surface area (Å²) in [5, 5.41) is 10.5. The van der Waals surface area contributed by atoms with Gasteiger partial charge in [0.2, 0.25) is 0 Å². The molecule has 6 heteroatoms. The summed E-state index contributed by atoms with van der Waals surface area (Å²) in [4.78, 5) is 5.45. The van der Waals surface area contributed by atoms with Crippen LogP contribution in [0.4, 0.5) is 5.69 Å². The van der Waals surface area contributed by atoms with E-state index in [4.69, 9.17) is 0 Å². The van der Waals surface area contributed by atoms with Crippen LogP contribution in [0.15, 0.2) is 59.5 Å². The Hall–Kier alpha value is -2.36. The van der Waals surface area contributed by atoms with Gasteiger partial charge in [0, 0.05) is 31.2 Å². The van der Waals surface area contributed by atoms with Gasteiger partial charge in [-0.25, -0.2) is 8.42 Å². The average molecular weight is 518 g/mol. The first-order chi connectivity index (χ1) is 18.0. The largest absolute Gasteiger partial charge is 0.371 e. The highest BCUT2D eigenvalue weighted by molar-refractivity contribution is 7.92. The SMILES string of the molecule is N#CC(c1ccccc1)(C1CCCC1)C1CCN(CC2CN(c3ccc(S(=O)(=O)C4CC4)cc3)C2)CC1. The van der Waals surface area contributed by atoms with E-state index < -0.39 is 9.84 Å². The number of rotatable bonds is 8. The lowest BCUT2D eigenvalue weighted by Crippen LogP contribution is -2.53. The molecule has 2 aliphatic heterocycles. The molecule has 0 N–H and O–H groups in total. The van der Waals surface area contributed by atoms with E-state index in [-0.39, 0.29) is 10.7 Å². The minimum Gasteiger partial charge on any atom is -0.371 e. The first-order valence-electron chi connectivity index (χ1n) is 14.3. The molecule has 37 heavy (non-hydrogen) atoms. The maximum Gasteiger partial charge on any atom is 0.181 e. The molecule has 0 radical (unpaired) electrons. The molecule has 2 saturated carbocycles. The number of piperidine rings is 1. The molecule has 1 unspecified atom stereocenters. The van der Waals surface area contributed by atoms with Crippen molar-refractivity contribution in [3.63, 3.8) is 0 Å². The van der Waals surface area contributed by atoms with Crippen molar-refractivity contribution < 1.29 is 8.42 Å². The molecular formula is C31H39N3O2S. The molecule has 0 amide bonds. The summed E-state index contributed by atoms with van der Waals surface area (Å²) in [5.41, 5.74) is 2.03. The molecule has 6 rings (SSSR count). The normalized spacial score (nSPS) is 23.9. The van der Waals surface area contributed by atoms with Gasteiger partial charge in [0.15, 0.2) is 9.84 Å². The van der Waals surface area contributed by atoms with Gasteiger partial charge in [-0.3, -0.25) is 0 Å². The Morgan fingerprint density at radius 1 is 0.838 bits per heavy atom. The number of hydrogen-bond acceptors (Lipinski definition) is 5. The fourth-order valence-electron chi connectivity index (χ4n) is 7.40. The lowest BCUT2D eigenvalue weighted by molar-refractivity contribution is 0.103. The van der Waals surface area contributed by atoms with Crippen LogP contribution in [-0.4, -0.2) is 51.3 Å². The van der Waals surface area contributed by atoms with Crippen molar-refractivity contribution in [2.24, 2.45) is 17.8 Å². The first kappa shape index (κ1) is 24.9. The minimum absolute atomic E-state index is 0.153. The fourth-order valence-corrected chi connectivity index (χ4v) is 9.05.